The number of likely N-dealkylation sites (tertiary alicyclic amines) is 1. The van der Waals surface area contributed by atoms with Crippen LogP contribution in [0.1, 0.15) is 18.9 Å². The predicted molar refractivity (Wildman–Crippen MR) is 139 cm³/mol. The van der Waals surface area contributed by atoms with Crippen LogP contribution in [-0.2, 0) is 20.9 Å². The molecule has 0 radical (unpaired) electrons. The fourth-order valence-electron chi connectivity index (χ4n) is 5.86. The maximum atomic E-state index is 13.9. The number of thioether (sulfide) groups is 1. The number of hydrogen-bond acceptors (Lipinski definition) is 5. The second-order valence-corrected chi connectivity index (χ2v) is 12.2. The number of rotatable bonds is 7. The highest BCUT2D eigenvalue weighted by molar-refractivity contribution is 9.09. The zero-order valence-corrected chi connectivity index (χ0v) is 21.7. The molecule has 0 saturated carbocycles. The maximum Gasteiger partial charge on any atom is 0.244 e. The first-order valence-corrected chi connectivity index (χ1v) is 13.6. The Morgan fingerprint density at radius 1 is 1.14 bits per heavy atom. The first-order chi connectivity index (χ1) is 16.9. The van der Waals surface area contributed by atoms with Crippen molar-refractivity contribution in [2.45, 2.75) is 46.8 Å². The van der Waals surface area contributed by atoms with Crippen LogP contribution >= 0.6 is 27.7 Å². The third kappa shape index (κ3) is 4.07. The molecule has 7 nitrogen and oxygen atoms in total. The van der Waals surface area contributed by atoms with E-state index in [0.29, 0.717) is 18.7 Å². The van der Waals surface area contributed by atoms with E-state index in [1.54, 1.807) is 18.7 Å². The standard InChI is InChI=1S/C26H28BrN3O4S/c1-15(14-31)30-22(24(33)28-13-16-8-4-2-5-9-16)26-12-18(27)21(35-26)19(20(26)25(30)34)23(32)29-17-10-6-3-7-11-17/h2-11,15,18-22,31H,12-14H2,1H3,(H,28,33)(H,29,32)/t15-,18?,19-,20+,21-,22?,26?/m1/s1. The van der Waals surface area contributed by atoms with Crippen LogP contribution in [0.3, 0.4) is 0 Å². The molecule has 3 aliphatic heterocycles. The zero-order valence-electron chi connectivity index (χ0n) is 19.3. The van der Waals surface area contributed by atoms with Gasteiger partial charge in [0.2, 0.25) is 17.7 Å². The molecule has 5 rings (SSSR count). The molecule has 3 unspecified atom stereocenters. The molecule has 1 spiro atoms. The van der Waals surface area contributed by atoms with Gasteiger partial charge in [-0.05, 0) is 31.0 Å². The molecule has 3 saturated heterocycles. The van der Waals surface area contributed by atoms with Gasteiger partial charge in [0.1, 0.15) is 6.04 Å². The molecule has 2 aromatic carbocycles. The van der Waals surface area contributed by atoms with E-state index in [-0.39, 0.29) is 34.4 Å². The van der Waals surface area contributed by atoms with Crippen molar-refractivity contribution in [3.05, 3.63) is 66.2 Å². The van der Waals surface area contributed by atoms with Gasteiger partial charge in [-0.15, -0.1) is 11.8 Å². The number of fused-ring (bicyclic) bond motifs is 1. The van der Waals surface area contributed by atoms with Crippen molar-refractivity contribution in [1.29, 1.82) is 0 Å². The molecule has 3 aliphatic rings. The molecule has 0 aliphatic carbocycles. The molecule has 0 aromatic heterocycles. The third-order valence-corrected chi connectivity index (χ3v) is 10.6. The number of hydrogen-bond donors (Lipinski definition) is 3. The van der Waals surface area contributed by atoms with Crippen LogP contribution in [0.5, 0.6) is 0 Å². The van der Waals surface area contributed by atoms with E-state index in [4.69, 9.17) is 0 Å². The van der Waals surface area contributed by atoms with Crippen molar-refractivity contribution in [2.24, 2.45) is 11.8 Å². The predicted octanol–water partition coefficient (Wildman–Crippen LogP) is 2.79. The zero-order chi connectivity index (χ0) is 24.7. The number of carbonyl (C=O) groups excluding carboxylic acids is 3. The number of amides is 3. The SMILES string of the molecule is C[C@H](CO)N1C(=O)[C@@H]2[C@@H](C(=O)Nc3ccccc3)[C@@H]3SC2(CC3Br)C1C(=O)NCc1ccccc1. The van der Waals surface area contributed by atoms with E-state index in [2.05, 4.69) is 26.6 Å². The lowest BCUT2D eigenvalue weighted by molar-refractivity contribution is -0.141. The number of alkyl halides is 1. The van der Waals surface area contributed by atoms with E-state index in [0.717, 1.165) is 5.56 Å². The lowest BCUT2D eigenvalue weighted by Crippen LogP contribution is -2.56. The first kappa shape index (κ1) is 24.3. The number of benzene rings is 2. The molecule has 3 fully saturated rings. The Morgan fingerprint density at radius 3 is 2.46 bits per heavy atom. The quantitative estimate of drug-likeness (QED) is 0.455. The van der Waals surface area contributed by atoms with E-state index < -0.39 is 28.7 Å². The van der Waals surface area contributed by atoms with Gasteiger partial charge in [-0.25, -0.2) is 0 Å². The minimum Gasteiger partial charge on any atom is -0.394 e. The molecular formula is C26H28BrN3O4S. The number of para-hydroxylation sites is 1. The topological polar surface area (TPSA) is 98.7 Å². The molecule has 2 aromatic rings. The van der Waals surface area contributed by atoms with Gasteiger partial charge in [-0.1, -0.05) is 64.5 Å². The summed E-state index contributed by atoms with van der Waals surface area (Å²) in [5.41, 5.74) is 1.64. The van der Waals surface area contributed by atoms with Crippen LogP contribution in [0.25, 0.3) is 0 Å². The molecule has 3 amide bonds. The summed E-state index contributed by atoms with van der Waals surface area (Å²) in [5, 5.41) is 15.8. The Labute approximate surface area is 217 Å². The summed E-state index contributed by atoms with van der Waals surface area (Å²) >= 11 is 5.34. The molecular weight excluding hydrogens is 530 g/mol. The van der Waals surface area contributed by atoms with Gasteiger partial charge in [0.25, 0.3) is 0 Å². The molecule has 3 heterocycles. The van der Waals surface area contributed by atoms with Crippen LogP contribution in [0, 0.1) is 11.8 Å². The minimum absolute atomic E-state index is 0.00289. The average Bonchev–Trinajstić information content (AvgIpc) is 3.46. The van der Waals surface area contributed by atoms with Crippen molar-refractivity contribution < 1.29 is 19.5 Å². The molecule has 9 heteroatoms. The van der Waals surface area contributed by atoms with E-state index in [1.807, 2.05) is 60.7 Å². The van der Waals surface area contributed by atoms with Gasteiger partial charge in [-0.2, -0.15) is 0 Å². The molecule has 35 heavy (non-hydrogen) atoms. The summed E-state index contributed by atoms with van der Waals surface area (Å²) in [6.45, 7) is 1.83. The highest BCUT2D eigenvalue weighted by Gasteiger charge is 2.75. The minimum atomic E-state index is -0.768. The van der Waals surface area contributed by atoms with Gasteiger partial charge in [0, 0.05) is 22.3 Å². The lowest BCUT2D eigenvalue weighted by atomic mass is 9.70. The highest BCUT2D eigenvalue weighted by atomic mass is 79.9. The molecule has 7 atom stereocenters. The molecule has 3 N–H and O–H groups in total. The van der Waals surface area contributed by atoms with Crippen molar-refractivity contribution in [2.75, 3.05) is 11.9 Å². The van der Waals surface area contributed by atoms with Crippen LogP contribution < -0.4 is 10.6 Å². The number of aliphatic hydroxyl groups is 1. The summed E-state index contributed by atoms with van der Waals surface area (Å²) in [4.78, 5) is 42.6. The summed E-state index contributed by atoms with van der Waals surface area (Å²) < 4.78 is -0.737. The highest BCUT2D eigenvalue weighted by Crippen LogP contribution is 2.68. The van der Waals surface area contributed by atoms with Crippen LogP contribution in [-0.4, -0.2) is 61.2 Å². The largest absolute Gasteiger partial charge is 0.394 e. The number of nitrogens with one attached hydrogen (secondary N) is 2. The van der Waals surface area contributed by atoms with Crippen LogP contribution in [0.4, 0.5) is 5.69 Å². The smallest absolute Gasteiger partial charge is 0.244 e. The second kappa shape index (κ2) is 9.59. The Balaban J connectivity index is 1.47. The van der Waals surface area contributed by atoms with Gasteiger partial charge >= 0.3 is 0 Å². The fraction of sp³-hybridized carbons (Fsp3) is 0.423. The number of aliphatic hydroxyl groups excluding tert-OH is 1. The Bertz CT molecular complexity index is 1120. The van der Waals surface area contributed by atoms with Gasteiger partial charge in [-0.3, -0.25) is 14.4 Å². The summed E-state index contributed by atoms with van der Waals surface area (Å²) in [5.74, 6) is -1.89. The van der Waals surface area contributed by atoms with Gasteiger partial charge < -0.3 is 20.6 Å². The van der Waals surface area contributed by atoms with Crippen molar-refractivity contribution in [3.8, 4) is 0 Å². The summed E-state index contributed by atoms with van der Waals surface area (Å²) in [7, 11) is 0. The van der Waals surface area contributed by atoms with E-state index in [1.165, 1.54) is 4.90 Å². The normalized spacial score (nSPS) is 31.8. The first-order valence-electron chi connectivity index (χ1n) is 11.8. The van der Waals surface area contributed by atoms with Crippen molar-refractivity contribution in [1.82, 2.24) is 10.2 Å². The second-order valence-electron chi connectivity index (χ2n) is 9.50. The average molecular weight is 558 g/mol. The number of carbonyl (C=O) groups is 3. The molecule has 2 bridgehead atoms. The summed E-state index contributed by atoms with van der Waals surface area (Å²) in [6.07, 6.45) is 0.603. The Hall–Kier alpha value is -2.36. The lowest BCUT2D eigenvalue weighted by Gasteiger charge is -2.36. The van der Waals surface area contributed by atoms with E-state index in [9.17, 15) is 19.5 Å². The number of anilines is 1. The number of halogens is 1. The van der Waals surface area contributed by atoms with Crippen molar-refractivity contribution >= 4 is 51.1 Å². The van der Waals surface area contributed by atoms with Gasteiger partial charge in [0.15, 0.2) is 0 Å². The monoisotopic (exact) mass is 557 g/mol. The van der Waals surface area contributed by atoms with Gasteiger partial charge in [0.05, 0.1) is 29.2 Å². The summed E-state index contributed by atoms with van der Waals surface area (Å²) in [6, 6.07) is 17.5. The van der Waals surface area contributed by atoms with Crippen molar-refractivity contribution in [3.63, 3.8) is 0 Å². The maximum absolute atomic E-state index is 13.9. The van der Waals surface area contributed by atoms with Crippen LogP contribution in [0.2, 0.25) is 0 Å². The third-order valence-electron chi connectivity index (χ3n) is 7.37. The fourth-order valence-corrected chi connectivity index (χ4v) is 9.46. The Kier molecular flexibility index (Phi) is 6.67. The van der Waals surface area contributed by atoms with Crippen LogP contribution in [0.15, 0.2) is 60.7 Å². The van der Waals surface area contributed by atoms with E-state index >= 15 is 0 Å². The number of nitrogens with zero attached hydrogens (tertiary/aromatic N) is 1. The molecule has 184 valence electrons. The Morgan fingerprint density at radius 2 is 1.80 bits per heavy atom.